The average Bonchev–Trinajstić information content (AvgIpc) is 3.11. The van der Waals surface area contributed by atoms with E-state index >= 15 is 0 Å². The van der Waals surface area contributed by atoms with Crippen molar-refractivity contribution in [2.24, 2.45) is 0 Å². The molecule has 0 unspecified atom stereocenters. The second-order valence-electron chi connectivity index (χ2n) is 5.01. The lowest BCUT2D eigenvalue weighted by atomic mass is 10.1. The van der Waals surface area contributed by atoms with Crippen LogP contribution in [0.1, 0.15) is 18.6 Å². The molecule has 0 bridgehead atoms. The molecule has 1 aromatic heterocycles. The summed E-state index contributed by atoms with van der Waals surface area (Å²) in [5.41, 5.74) is 0.498. The first-order valence-electron chi connectivity index (χ1n) is 6.99. The molecule has 1 aliphatic rings. The molecule has 106 valence electrons. The maximum Gasteiger partial charge on any atom is 0.137 e. The van der Waals surface area contributed by atoms with E-state index in [2.05, 4.69) is 5.32 Å². The fraction of sp³-hybridized carbons (Fsp3) is 0.375. The normalized spacial score (nSPS) is 18.6. The van der Waals surface area contributed by atoms with Crippen molar-refractivity contribution in [3.05, 3.63) is 48.0 Å². The zero-order valence-electron chi connectivity index (χ0n) is 11.3. The molecule has 2 aromatic rings. The molecule has 1 atom stereocenters. The van der Waals surface area contributed by atoms with E-state index < -0.39 is 0 Å². The highest BCUT2D eigenvalue weighted by Gasteiger charge is 2.15. The summed E-state index contributed by atoms with van der Waals surface area (Å²) in [4.78, 5) is 0. The average molecular weight is 275 g/mol. The molecule has 0 radical (unpaired) electrons. The molecule has 1 aromatic carbocycles. The van der Waals surface area contributed by atoms with Crippen LogP contribution in [0.25, 0.3) is 11.3 Å². The minimum atomic E-state index is -0.263. The predicted octanol–water partition coefficient (Wildman–Crippen LogP) is 3.35. The number of halogens is 1. The monoisotopic (exact) mass is 275 g/mol. The second-order valence-corrected chi connectivity index (χ2v) is 5.01. The Morgan fingerprint density at radius 2 is 2.10 bits per heavy atom. The van der Waals surface area contributed by atoms with Gasteiger partial charge in [-0.15, -0.1) is 0 Å². The number of benzene rings is 1. The van der Waals surface area contributed by atoms with Gasteiger partial charge >= 0.3 is 0 Å². The first-order chi connectivity index (χ1) is 9.83. The van der Waals surface area contributed by atoms with Crippen LogP contribution in [-0.2, 0) is 11.3 Å². The van der Waals surface area contributed by atoms with Crippen LogP contribution in [0.15, 0.2) is 40.8 Å². The minimum absolute atomic E-state index is 0.263. The van der Waals surface area contributed by atoms with Gasteiger partial charge in [0.15, 0.2) is 0 Å². The first-order valence-corrected chi connectivity index (χ1v) is 6.99. The molecule has 2 heterocycles. The summed E-state index contributed by atoms with van der Waals surface area (Å²) in [7, 11) is 0. The summed E-state index contributed by atoms with van der Waals surface area (Å²) in [6.07, 6.45) is 2.58. The Hall–Kier alpha value is -1.65. The Bertz CT molecular complexity index is 561. The van der Waals surface area contributed by atoms with Gasteiger partial charge in [-0.05, 0) is 37.1 Å². The smallest absolute Gasteiger partial charge is 0.137 e. The molecule has 3 nitrogen and oxygen atoms in total. The van der Waals surface area contributed by atoms with E-state index in [-0.39, 0.29) is 5.82 Å². The number of hydrogen-bond acceptors (Lipinski definition) is 3. The molecule has 1 N–H and O–H groups in total. The number of rotatable bonds is 5. The molecule has 0 saturated carbocycles. The van der Waals surface area contributed by atoms with Crippen molar-refractivity contribution in [3.8, 4) is 11.3 Å². The van der Waals surface area contributed by atoms with Gasteiger partial charge in [-0.1, -0.05) is 12.1 Å². The van der Waals surface area contributed by atoms with E-state index in [1.807, 2.05) is 12.1 Å². The highest BCUT2D eigenvalue weighted by atomic mass is 19.1. The maximum atomic E-state index is 13.6. The highest BCUT2D eigenvalue weighted by molar-refractivity contribution is 5.58. The molecular weight excluding hydrogens is 257 g/mol. The quantitative estimate of drug-likeness (QED) is 0.908. The summed E-state index contributed by atoms with van der Waals surface area (Å²) in [6.45, 7) is 2.33. The van der Waals surface area contributed by atoms with Gasteiger partial charge in [-0.25, -0.2) is 4.39 Å². The maximum absolute atomic E-state index is 13.6. The van der Waals surface area contributed by atoms with Gasteiger partial charge < -0.3 is 14.5 Å². The summed E-state index contributed by atoms with van der Waals surface area (Å²) in [5, 5.41) is 3.31. The highest BCUT2D eigenvalue weighted by Crippen LogP contribution is 2.24. The molecule has 0 aliphatic carbocycles. The van der Waals surface area contributed by atoms with Gasteiger partial charge in [0.2, 0.25) is 0 Å². The van der Waals surface area contributed by atoms with Crippen molar-refractivity contribution >= 4 is 0 Å². The van der Waals surface area contributed by atoms with Gasteiger partial charge in [0.25, 0.3) is 0 Å². The van der Waals surface area contributed by atoms with E-state index in [4.69, 9.17) is 9.15 Å². The number of furan rings is 1. The van der Waals surface area contributed by atoms with Crippen LogP contribution >= 0.6 is 0 Å². The Labute approximate surface area is 117 Å². The van der Waals surface area contributed by atoms with Gasteiger partial charge in [0.05, 0.1) is 18.2 Å². The third-order valence-corrected chi connectivity index (χ3v) is 3.50. The molecule has 3 rings (SSSR count). The zero-order chi connectivity index (χ0) is 13.8. The number of ether oxygens (including phenoxy) is 1. The molecule has 4 heteroatoms. The van der Waals surface area contributed by atoms with Crippen molar-refractivity contribution in [3.63, 3.8) is 0 Å². The fourth-order valence-corrected chi connectivity index (χ4v) is 2.44. The third kappa shape index (κ3) is 3.08. The number of nitrogens with one attached hydrogen (secondary N) is 1. The predicted molar refractivity (Wildman–Crippen MR) is 74.8 cm³/mol. The SMILES string of the molecule is Fc1ccccc1-c1ccc(CNC[C@H]2CCCO2)o1. The molecule has 0 spiro atoms. The third-order valence-electron chi connectivity index (χ3n) is 3.50. The van der Waals surface area contributed by atoms with Crippen molar-refractivity contribution in [1.82, 2.24) is 5.32 Å². The summed E-state index contributed by atoms with van der Waals surface area (Å²) >= 11 is 0. The van der Waals surface area contributed by atoms with Crippen molar-refractivity contribution in [1.29, 1.82) is 0 Å². The van der Waals surface area contributed by atoms with Crippen LogP contribution in [0, 0.1) is 5.82 Å². The van der Waals surface area contributed by atoms with E-state index in [9.17, 15) is 4.39 Å². The van der Waals surface area contributed by atoms with Crippen molar-refractivity contribution in [2.75, 3.05) is 13.2 Å². The first kappa shape index (κ1) is 13.3. The molecule has 1 saturated heterocycles. The summed E-state index contributed by atoms with van der Waals surface area (Å²) in [6, 6.07) is 10.3. The van der Waals surface area contributed by atoms with E-state index in [0.717, 1.165) is 31.8 Å². The van der Waals surface area contributed by atoms with Gasteiger partial charge in [-0.2, -0.15) is 0 Å². The molecular formula is C16H18FNO2. The largest absolute Gasteiger partial charge is 0.460 e. The molecule has 1 aliphatic heterocycles. The lowest BCUT2D eigenvalue weighted by Gasteiger charge is -2.09. The Morgan fingerprint density at radius 1 is 1.20 bits per heavy atom. The molecule has 1 fully saturated rings. The Morgan fingerprint density at radius 3 is 2.90 bits per heavy atom. The van der Waals surface area contributed by atoms with Gasteiger partial charge in [0, 0.05) is 13.2 Å². The lowest BCUT2D eigenvalue weighted by Crippen LogP contribution is -2.25. The topological polar surface area (TPSA) is 34.4 Å². The van der Waals surface area contributed by atoms with Crippen molar-refractivity contribution in [2.45, 2.75) is 25.5 Å². The lowest BCUT2D eigenvalue weighted by molar-refractivity contribution is 0.109. The van der Waals surface area contributed by atoms with Crippen LogP contribution in [0.3, 0.4) is 0 Å². The summed E-state index contributed by atoms with van der Waals surface area (Å²) < 4.78 is 24.9. The minimum Gasteiger partial charge on any atom is -0.460 e. The second kappa shape index (κ2) is 6.20. The molecule has 20 heavy (non-hydrogen) atoms. The number of hydrogen-bond donors (Lipinski definition) is 1. The summed E-state index contributed by atoms with van der Waals surface area (Å²) in [5.74, 6) is 1.11. The van der Waals surface area contributed by atoms with E-state index in [1.165, 1.54) is 6.07 Å². The Kier molecular flexibility index (Phi) is 4.14. The van der Waals surface area contributed by atoms with Gasteiger partial charge in [0.1, 0.15) is 17.3 Å². The Balaban J connectivity index is 1.58. The van der Waals surface area contributed by atoms with Crippen LogP contribution < -0.4 is 5.32 Å². The van der Waals surface area contributed by atoms with E-state index in [0.29, 0.717) is 24.0 Å². The fourth-order valence-electron chi connectivity index (χ4n) is 2.44. The van der Waals surface area contributed by atoms with Crippen LogP contribution in [0.5, 0.6) is 0 Å². The molecule has 0 amide bonds. The standard InChI is InChI=1S/C16H18FNO2/c17-15-6-2-1-5-14(15)16-8-7-13(20-16)11-18-10-12-4-3-9-19-12/h1-2,5-8,12,18H,3-4,9-11H2/t12-/m1/s1. The van der Waals surface area contributed by atoms with Gasteiger partial charge in [-0.3, -0.25) is 0 Å². The van der Waals surface area contributed by atoms with Crippen LogP contribution in [0.4, 0.5) is 4.39 Å². The van der Waals surface area contributed by atoms with Crippen LogP contribution in [0.2, 0.25) is 0 Å². The van der Waals surface area contributed by atoms with E-state index in [1.54, 1.807) is 18.2 Å². The van der Waals surface area contributed by atoms with Crippen molar-refractivity contribution < 1.29 is 13.5 Å². The van der Waals surface area contributed by atoms with Crippen LogP contribution in [-0.4, -0.2) is 19.3 Å². The zero-order valence-corrected chi connectivity index (χ0v) is 11.3.